The van der Waals surface area contributed by atoms with Gasteiger partial charge in [-0.05, 0) is 25.2 Å². The van der Waals surface area contributed by atoms with Crippen LogP contribution in [0.5, 0.6) is 0 Å². The maximum Gasteiger partial charge on any atom is 0.148 e. The molecule has 64 valence electrons. The van der Waals surface area contributed by atoms with Gasteiger partial charge in [0.1, 0.15) is 12.4 Å². The van der Waals surface area contributed by atoms with Crippen LogP contribution < -0.4 is 0 Å². The molecule has 0 spiro atoms. The first-order valence-electron chi connectivity index (χ1n) is 4.34. The van der Waals surface area contributed by atoms with E-state index >= 15 is 0 Å². The summed E-state index contributed by atoms with van der Waals surface area (Å²) in [6.45, 7) is 4.27. The molecular weight excluding hydrogens is 140 g/mol. The average Bonchev–Trinajstić information content (AvgIpc) is 2.05. The van der Waals surface area contributed by atoms with Crippen molar-refractivity contribution >= 4 is 6.29 Å². The predicted octanol–water partition coefficient (Wildman–Crippen LogP) is 1.78. The van der Waals surface area contributed by atoms with Crippen molar-refractivity contribution in [2.45, 2.75) is 45.3 Å². The summed E-state index contributed by atoms with van der Waals surface area (Å²) < 4.78 is 5.53. The second-order valence-corrected chi connectivity index (χ2v) is 3.52. The molecule has 1 heterocycles. The van der Waals surface area contributed by atoms with E-state index in [2.05, 4.69) is 13.8 Å². The first-order valence-corrected chi connectivity index (χ1v) is 4.34. The van der Waals surface area contributed by atoms with Crippen molar-refractivity contribution in [3.05, 3.63) is 0 Å². The van der Waals surface area contributed by atoms with Gasteiger partial charge >= 0.3 is 0 Å². The fourth-order valence-electron chi connectivity index (χ4n) is 1.47. The molecule has 0 aromatic carbocycles. The van der Waals surface area contributed by atoms with Crippen LogP contribution in [-0.2, 0) is 9.53 Å². The quantitative estimate of drug-likeness (QED) is 0.570. The zero-order chi connectivity index (χ0) is 8.27. The molecule has 0 radical (unpaired) electrons. The van der Waals surface area contributed by atoms with Crippen LogP contribution in [0.15, 0.2) is 0 Å². The van der Waals surface area contributed by atoms with Crippen LogP contribution in [0.2, 0.25) is 0 Å². The molecule has 0 aromatic rings. The topological polar surface area (TPSA) is 26.3 Å². The van der Waals surface area contributed by atoms with E-state index in [0.29, 0.717) is 12.0 Å². The summed E-state index contributed by atoms with van der Waals surface area (Å²) in [5, 5.41) is 0. The molecule has 1 rings (SSSR count). The van der Waals surface area contributed by atoms with Crippen LogP contribution in [0.25, 0.3) is 0 Å². The number of carbonyl (C=O) groups excluding carboxylic acids is 1. The van der Waals surface area contributed by atoms with Gasteiger partial charge in [-0.15, -0.1) is 0 Å². The van der Waals surface area contributed by atoms with Crippen molar-refractivity contribution < 1.29 is 9.53 Å². The summed E-state index contributed by atoms with van der Waals surface area (Å²) in [6, 6.07) is 0. The van der Waals surface area contributed by atoms with Crippen molar-refractivity contribution in [1.82, 2.24) is 0 Å². The van der Waals surface area contributed by atoms with Gasteiger partial charge in [0, 0.05) is 0 Å². The number of carbonyl (C=O) groups is 1. The highest BCUT2D eigenvalue weighted by atomic mass is 16.5. The van der Waals surface area contributed by atoms with Crippen LogP contribution >= 0.6 is 0 Å². The van der Waals surface area contributed by atoms with Crippen LogP contribution in [0, 0.1) is 5.92 Å². The van der Waals surface area contributed by atoms with Gasteiger partial charge in [0.2, 0.25) is 0 Å². The van der Waals surface area contributed by atoms with Gasteiger partial charge < -0.3 is 9.53 Å². The Bertz CT molecular complexity index is 132. The summed E-state index contributed by atoms with van der Waals surface area (Å²) >= 11 is 0. The largest absolute Gasteiger partial charge is 0.367 e. The van der Waals surface area contributed by atoms with Crippen molar-refractivity contribution in [2.24, 2.45) is 5.92 Å². The van der Waals surface area contributed by atoms with Crippen LogP contribution in [0.3, 0.4) is 0 Å². The van der Waals surface area contributed by atoms with Gasteiger partial charge in [-0.1, -0.05) is 13.8 Å². The maximum atomic E-state index is 10.4. The molecule has 0 N–H and O–H groups in total. The summed E-state index contributed by atoms with van der Waals surface area (Å²) in [5.41, 5.74) is 0. The van der Waals surface area contributed by atoms with E-state index in [-0.39, 0.29) is 6.10 Å². The molecule has 0 bridgehead atoms. The summed E-state index contributed by atoms with van der Waals surface area (Å²) in [7, 11) is 0. The molecule has 1 fully saturated rings. The van der Waals surface area contributed by atoms with Gasteiger partial charge in [0.25, 0.3) is 0 Å². The molecule has 1 aliphatic heterocycles. The Morgan fingerprint density at radius 3 is 2.73 bits per heavy atom. The molecule has 2 unspecified atom stereocenters. The van der Waals surface area contributed by atoms with Crippen molar-refractivity contribution in [1.29, 1.82) is 0 Å². The molecule has 1 saturated heterocycles. The highest BCUT2D eigenvalue weighted by Crippen LogP contribution is 2.22. The molecule has 2 nitrogen and oxygen atoms in total. The van der Waals surface area contributed by atoms with Gasteiger partial charge in [0.15, 0.2) is 0 Å². The van der Waals surface area contributed by atoms with E-state index in [1.807, 2.05) is 0 Å². The fraction of sp³-hybridized carbons (Fsp3) is 0.889. The number of hydrogen-bond acceptors (Lipinski definition) is 2. The predicted molar refractivity (Wildman–Crippen MR) is 43.4 cm³/mol. The third-order valence-corrected chi connectivity index (χ3v) is 2.22. The fourth-order valence-corrected chi connectivity index (χ4v) is 1.47. The minimum atomic E-state index is -0.129. The minimum absolute atomic E-state index is 0.129. The molecule has 0 amide bonds. The second-order valence-electron chi connectivity index (χ2n) is 3.52. The molecular formula is C9H16O2. The van der Waals surface area contributed by atoms with Crippen molar-refractivity contribution in [3.63, 3.8) is 0 Å². The lowest BCUT2D eigenvalue weighted by Gasteiger charge is -2.29. The Kier molecular flexibility index (Phi) is 3.06. The lowest BCUT2D eigenvalue weighted by Crippen LogP contribution is -2.31. The third-order valence-electron chi connectivity index (χ3n) is 2.22. The standard InChI is InChI=1S/C9H16O2/c1-7(2)9-5-3-4-8(6-10)11-9/h6-9H,3-5H2,1-2H3. The van der Waals surface area contributed by atoms with Gasteiger partial charge in [0.05, 0.1) is 6.10 Å². The number of hydrogen-bond donors (Lipinski definition) is 0. The third kappa shape index (κ3) is 2.29. The van der Waals surface area contributed by atoms with Crippen molar-refractivity contribution in [3.8, 4) is 0 Å². The molecule has 11 heavy (non-hydrogen) atoms. The van der Waals surface area contributed by atoms with E-state index in [9.17, 15) is 4.79 Å². The Hall–Kier alpha value is -0.370. The first kappa shape index (κ1) is 8.72. The van der Waals surface area contributed by atoms with Gasteiger partial charge in [-0.3, -0.25) is 0 Å². The summed E-state index contributed by atoms with van der Waals surface area (Å²) in [4.78, 5) is 10.4. The highest BCUT2D eigenvalue weighted by Gasteiger charge is 2.23. The SMILES string of the molecule is CC(C)C1CCCC(C=O)O1. The summed E-state index contributed by atoms with van der Waals surface area (Å²) in [6.07, 6.45) is 4.25. The lowest BCUT2D eigenvalue weighted by atomic mass is 9.97. The molecule has 0 aliphatic carbocycles. The van der Waals surface area contributed by atoms with E-state index in [1.165, 1.54) is 0 Å². The average molecular weight is 156 g/mol. The van der Waals surface area contributed by atoms with Crippen LogP contribution in [0.1, 0.15) is 33.1 Å². The van der Waals surface area contributed by atoms with E-state index < -0.39 is 0 Å². The monoisotopic (exact) mass is 156 g/mol. The molecule has 0 saturated carbocycles. The Balaban J connectivity index is 2.39. The lowest BCUT2D eigenvalue weighted by molar-refractivity contribution is -0.129. The van der Waals surface area contributed by atoms with Crippen LogP contribution in [0.4, 0.5) is 0 Å². The van der Waals surface area contributed by atoms with Gasteiger partial charge in [-0.25, -0.2) is 0 Å². The number of rotatable bonds is 2. The molecule has 2 heteroatoms. The zero-order valence-corrected chi connectivity index (χ0v) is 7.25. The molecule has 2 atom stereocenters. The maximum absolute atomic E-state index is 10.4. The van der Waals surface area contributed by atoms with Gasteiger partial charge in [-0.2, -0.15) is 0 Å². The van der Waals surface area contributed by atoms with E-state index in [0.717, 1.165) is 25.5 Å². The van der Waals surface area contributed by atoms with Crippen molar-refractivity contribution in [2.75, 3.05) is 0 Å². The smallest absolute Gasteiger partial charge is 0.148 e. The number of aldehydes is 1. The Morgan fingerprint density at radius 1 is 1.45 bits per heavy atom. The van der Waals surface area contributed by atoms with E-state index in [1.54, 1.807) is 0 Å². The zero-order valence-electron chi connectivity index (χ0n) is 7.25. The normalized spacial score (nSPS) is 32.3. The Morgan fingerprint density at radius 2 is 2.18 bits per heavy atom. The second kappa shape index (κ2) is 3.86. The molecule has 0 aromatic heterocycles. The molecule has 1 aliphatic rings. The Labute approximate surface area is 67.9 Å². The highest BCUT2D eigenvalue weighted by molar-refractivity contribution is 5.56. The van der Waals surface area contributed by atoms with Crippen LogP contribution in [-0.4, -0.2) is 18.5 Å². The summed E-state index contributed by atoms with van der Waals surface area (Å²) in [5.74, 6) is 0.540. The number of ether oxygens (including phenoxy) is 1. The minimum Gasteiger partial charge on any atom is -0.367 e. The first-order chi connectivity index (χ1) is 5.24. The van der Waals surface area contributed by atoms with E-state index in [4.69, 9.17) is 4.74 Å².